The monoisotopic (exact) mass is 420 g/mol. The summed E-state index contributed by atoms with van der Waals surface area (Å²) in [5.74, 6) is 0.371. The minimum absolute atomic E-state index is 0.267. The molecule has 7 nitrogen and oxygen atoms in total. The lowest BCUT2D eigenvalue weighted by Crippen LogP contribution is -2.11. The van der Waals surface area contributed by atoms with Gasteiger partial charge in [-0.3, -0.25) is 0 Å². The van der Waals surface area contributed by atoms with Gasteiger partial charge in [0.15, 0.2) is 5.75 Å². The number of benzene rings is 3. The maximum atomic E-state index is 12.5. The Morgan fingerprint density at radius 1 is 0.806 bits per heavy atom. The smallest absolute Gasteiger partial charge is 0.347 e. The van der Waals surface area contributed by atoms with E-state index in [1.54, 1.807) is 54.6 Å². The van der Waals surface area contributed by atoms with Gasteiger partial charge >= 0.3 is 11.9 Å². The van der Waals surface area contributed by atoms with Crippen molar-refractivity contribution >= 4 is 11.9 Å². The van der Waals surface area contributed by atoms with Crippen molar-refractivity contribution in [3.05, 3.63) is 96.6 Å². The highest BCUT2D eigenvalue weighted by atomic mass is 17.2. The number of rotatable bonds is 9. The SMILES string of the molecule is C=CCOc1ccccc1C(=O)Oc1ccc(C(=O)Oc2ccc(OOC)cc2)cc1. The van der Waals surface area contributed by atoms with Crippen LogP contribution in [-0.4, -0.2) is 25.7 Å². The van der Waals surface area contributed by atoms with E-state index in [4.69, 9.17) is 19.1 Å². The van der Waals surface area contributed by atoms with Crippen LogP contribution in [0.4, 0.5) is 0 Å². The number of ether oxygens (including phenoxy) is 3. The number of carbonyl (C=O) groups is 2. The van der Waals surface area contributed by atoms with E-state index in [1.807, 2.05) is 0 Å². The molecule has 0 heterocycles. The van der Waals surface area contributed by atoms with Crippen molar-refractivity contribution in [3.8, 4) is 23.0 Å². The first kappa shape index (κ1) is 21.6. The molecule has 3 aromatic rings. The zero-order valence-electron chi connectivity index (χ0n) is 16.8. The minimum atomic E-state index is -0.576. The second kappa shape index (κ2) is 10.6. The number of hydrogen-bond acceptors (Lipinski definition) is 7. The van der Waals surface area contributed by atoms with E-state index in [0.29, 0.717) is 22.8 Å². The Labute approximate surface area is 179 Å². The maximum Gasteiger partial charge on any atom is 0.347 e. The summed E-state index contributed by atoms with van der Waals surface area (Å²) >= 11 is 0. The maximum absolute atomic E-state index is 12.5. The Bertz CT molecular complexity index is 1040. The molecule has 0 aliphatic rings. The van der Waals surface area contributed by atoms with Gasteiger partial charge in [-0.15, -0.1) is 0 Å². The van der Waals surface area contributed by atoms with Gasteiger partial charge in [0.1, 0.15) is 29.4 Å². The van der Waals surface area contributed by atoms with Crippen LogP contribution in [0.25, 0.3) is 0 Å². The summed E-state index contributed by atoms with van der Waals surface area (Å²) in [6, 6.07) is 19.1. The average Bonchev–Trinajstić information content (AvgIpc) is 2.79. The third-order valence-corrected chi connectivity index (χ3v) is 3.98. The Morgan fingerprint density at radius 2 is 1.39 bits per heavy atom. The fraction of sp³-hybridized carbons (Fsp3) is 0.0833. The first-order chi connectivity index (χ1) is 15.1. The molecule has 0 radical (unpaired) electrons. The number of carbonyl (C=O) groups excluding carboxylic acids is 2. The second-order valence-electron chi connectivity index (χ2n) is 6.12. The molecule has 0 aromatic heterocycles. The van der Waals surface area contributed by atoms with Crippen LogP contribution in [0.3, 0.4) is 0 Å². The summed E-state index contributed by atoms with van der Waals surface area (Å²) in [6.07, 6.45) is 1.58. The highest BCUT2D eigenvalue weighted by Gasteiger charge is 2.15. The summed E-state index contributed by atoms with van der Waals surface area (Å²) in [7, 11) is 1.39. The molecule has 31 heavy (non-hydrogen) atoms. The van der Waals surface area contributed by atoms with E-state index in [1.165, 1.54) is 31.4 Å². The predicted molar refractivity (Wildman–Crippen MR) is 113 cm³/mol. The van der Waals surface area contributed by atoms with Crippen molar-refractivity contribution in [1.29, 1.82) is 0 Å². The Balaban J connectivity index is 1.63. The van der Waals surface area contributed by atoms with Crippen LogP contribution >= 0.6 is 0 Å². The first-order valence-electron chi connectivity index (χ1n) is 9.28. The van der Waals surface area contributed by atoms with Gasteiger partial charge in [-0.25, -0.2) is 9.59 Å². The Morgan fingerprint density at radius 3 is 2.03 bits per heavy atom. The van der Waals surface area contributed by atoms with Crippen LogP contribution in [0.5, 0.6) is 23.0 Å². The van der Waals surface area contributed by atoms with Crippen molar-refractivity contribution in [2.24, 2.45) is 0 Å². The van der Waals surface area contributed by atoms with E-state index >= 15 is 0 Å². The molecule has 0 bridgehead atoms. The quantitative estimate of drug-likeness (QED) is 0.164. The van der Waals surface area contributed by atoms with Crippen molar-refractivity contribution in [2.75, 3.05) is 13.7 Å². The molecular formula is C24H20O7. The van der Waals surface area contributed by atoms with Gasteiger partial charge in [0.2, 0.25) is 0 Å². The first-order valence-corrected chi connectivity index (χ1v) is 9.28. The van der Waals surface area contributed by atoms with Gasteiger partial charge in [0.05, 0.1) is 12.7 Å². The predicted octanol–water partition coefficient (Wildman–Crippen LogP) is 4.63. The van der Waals surface area contributed by atoms with E-state index in [9.17, 15) is 9.59 Å². The second-order valence-corrected chi connectivity index (χ2v) is 6.12. The molecular weight excluding hydrogens is 400 g/mol. The van der Waals surface area contributed by atoms with Crippen LogP contribution < -0.4 is 19.1 Å². The van der Waals surface area contributed by atoms with Gasteiger partial charge < -0.3 is 19.1 Å². The third-order valence-electron chi connectivity index (χ3n) is 3.98. The highest BCUT2D eigenvalue weighted by molar-refractivity contribution is 5.94. The molecule has 0 fully saturated rings. The molecule has 0 unspecified atom stereocenters. The third kappa shape index (κ3) is 5.94. The number of esters is 2. The van der Waals surface area contributed by atoms with Gasteiger partial charge in [0, 0.05) is 0 Å². The zero-order chi connectivity index (χ0) is 22.1. The van der Waals surface area contributed by atoms with Gasteiger partial charge in [-0.2, -0.15) is 4.89 Å². The molecule has 3 aromatic carbocycles. The summed E-state index contributed by atoms with van der Waals surface area (Å²) < 4.78 is 16.2. The standard InChI is InChI=1S/C24H20O7/c1-3-16-28-22-7-5-4-6-21(22)24(26)30-18-10-8-17(9-11-18)23(25)29-19-12-14-20(15-13-19)31-27-2/h3-15H,1,16H2,2H3. The molecule has 0 atom stereocenters. The number of para-hydroxylation sites is 1. The van der Waals surface area contributed by atoms with E-state index in [0.717, 1.165) is 0 Å². The normalized spacial score (nSPS) is 10.1. The largest absolute Gasteiger partial charge is 0.489 e. The molecule has 0 spiro atoms. The summed E-state index contributed by atoms with van der Waals surface area (Å²) in [6.45, 7) is 3.86. The molecule has 0 saturated carbocycles. The van der Waals surface area contributed by atoms with Gasteiger partial charge in [-0.05, 0) is 60.7 Å². The van der Waals surface area contributed by atoms with Crippen molar-refractivity contribution in [1.82, 2.24) is 0 Å². The minimum Gasteiger partial charge on any atom is -0.489 e. The molecule has 0 aliphatic carbocycles. The van der Waals surface area contributed by atoms with Crippen molar-refractivity contribution < 1.29 is 33.6 Å². The van der Waals surface area contributed by atoms with Crippen molar-refractivity contribution in [2.45, 2.75) is 0 Å². The number of hydrogen-bond donors (Lipinski definition) is 0. The van der Waals surface area contributed by atoms with Crippen LogP contribution in [0.2, 0.25) is 0 Å². The lowest BCUT2D eigenvalue weighted by molar-refractivity contribution is -0.178. The lowest BCUT2D eigenvalue weighted by atomic mass is 10.2. The Kier molecular flexibility index (Phi) is 7.40. The summed E-state index contributed by atoms with van der Waals surface area (Å²) in [5.41, 5.74) is 0.584. The Hall–Kier alpha value is -4.10. The van der Waals surface area contributed by atoms with Crippen molar-refractivity contribution in [3.63, 3.8) is 0 Å². The van der Waals surface area contributed by atoms with E-state index in [-0.39, 0.29) is 17.9 Å². The fourth-order valence-electron chi connectivity index (χ4n) is 2.56. The fourth-order valence-corrected chi connectivity index (χ4v) is 2.56. The van der Waals surface area contributed by atoms with Crippen LogP contribution in [0.15, 0.2) is 85.5 Å². The van der Waals surface area contributed by atoms with E-state index < -0.39 is 11.9 Å². The lowest BCUT2D eigenvalue weighted by Gasteiger charge is -2.10. The van der Waals surface area contributed by atoms with Crippen LogP contribution in [0, 0.1) is 0 Å². The molecule has 3 rings (SSSR count). The molecule has 0 saturated heterocycles. The van der Waals surface area contributed by atoms with Gasteiger partial charge in [-0.1, -0.05) is 24.8 Å². The molecule has 0 aliphatic heterocycles. The zero-order valence-corrected chi connectivity index (χ0v) is 16.8. The molecule has 158 valence electrons. The van der Waals surface area contributed by atoms with Gasteiger partial charge in [0.25, 0.3) is 0 Å². The molecule has 0 N–H and O–H groups in total. The topological polar surface area (TPSA) is 80.3 Å². The van der Waals surface area contributed by atoms with Crippen LogP contribution in [-0.2, 0) is 4.89 Å². The average molecular weight is 420 g/mol. The summed E-state index contributed by atoms with van der Waals surface area (Å²) in [4.78, 5) is 34.2. The molecule has 0 amide bonds. The highest BCUT2D eigenvalue weighted by Crippen LogP contribution is 2.22. The van der Waals surface area contributed by atoms with E-state index in [2.05, 4.69) is 11.5 Å². The summed E-state index contributed by atoms with van der Waals surface area (Å²) in [5, 5.41) is 0. The van der Waals surface area contributed by atoms with Crippen LogP contribution in [0.1, 0.15) is 20.7 Å². The molecule has 7 heteroatoms.